The van der Waals surface area contributed by atoms with Crippen LogP contribution in [0.15, 0.2) is 23.4 Å². The SMILES string of the molecule is Cc1ccc(C)c(-n2nnnc2SCC(=O)OCC(=O)N2C[C@@H](C)O[C@H](C)C2)c1. The molecule has 0 unspecified atom stereocenters. The number of aryl methyl sites for hydroxylation is 2. The number of aromatic nitrogens is 4. The fraction of sp³-hybridized carbons (Fsp3) is 0.526. The molecular formula is C19H25N5O4S. The number of benzene rings is 1. The molecule has 0 bridgehead atoms. The summed E-state index contributed by atoms with van der Waals surface area (Å²) < 4.78 is 12.4. The summed E-state index contributed by atoms with van der Waals surface area (Å²) in [6.07, 6.45) is -0.0594. The maximum absolute atomic E-state index is 12.3. The third-order valence-electron chi connectivity index (χ3n) is 4.48. The molecule has 0 aliphatic carbocycles. The van der Waals surface area contributed by atoms with Crippen LogP contribution in [0, 0.1) is 13.8 Å². The van der Waals surface area contributed by atoms with E-state index in [0.717, 1.165) is 16.8 Å². The minimum atomic E-state index is -0.492. The Labute approximate surface area is 173 Å². The predicted octanol–water partition coefficient (Wildman–Crippen LogP) is 1.55. The van der Waals surface area contributed by atoms with Crippen molar-refractivity contribution in [3.63, 3.8) is 0 Å². The number of tetrazole rings is 1. The molecule has 2 atom stereocenters. The molecule has 0 radical (unpaired) electrons. The lowest BCUT2D eigenvalue weighted by Crippen LogP contribution is -2.49. The number of ether oxygens (including phenoxy) is 2. The van der Waals surface area contributed by atoms with E-state index in [1.54, 1.807) is 9.58 Å². The molecule has 1 aliphatic rings. The van der Waals surface area contributed by atoms with Gasteiger partial charge in [0.2, 0.25) is 5.16 Å². The van der Waals surface area contributed by atoms with E-state index in [9.17, 15) is 9.59 Å². The van der Waals surface area contributed by atoms with Gasteiger partial charge in [0.25, 0.3) is 5.91 Å². The van der Waals surface area contributed by atoms with E-state index in [-0.39, 0.29) is 30.5 Å². The zero-order valence-corrected chi connectivity index (χ0v) is 17.8. The van der Waals surface area contributed by atoms with E-state index in [1.165, 1.54) is 11.8 Å². The first-order valence-electron chi connectivity index (χ1n) is 9.41. The lowest BCUT2D eigenvalue weighted by Gasteiger charge is -2.35. The maximum Gasteiger partial charge on any atom is 0.316 e. The van der Waals surface area contributed by atoms with E-state index < -0.39 is 5.97 Å². The van der Waals surface area contributed by atoms with Crippen LogP contribution in [0.4, 0.5) is 0 Å². The second kappa shape index (κ2) is 9.36. The minimum Gasteiger partial charge on any atom is -0.455 e. The molecule has 2 aromatic rings. The fourth-order valence-corrected chi connectivity index (χ4v) is 3.83. The van der Waals surface area contributed by atoms with Crippen LogP contribution in [-0.2, 0) is 19.1 Å². The highest BCUT2D eigenvalue weighted by Crippen LogP contribution is 2.21. The van der Waals surface area contributed by atoms with Gasteiger partial charge in [-0.15, -0.1) is 5.10 Å². The zero-order chi connectivity index (χ0) is 21.0. The topological polar surface area (TPSA) is 99.4 Å². The fourth-order valence-electron chi connectivity index (χ4n) is 3.15. The molecule has 29 heavy (non-hydrogen) atoms. The Kier molecular flexibility index (Phi) is 6.86. The predicted molar refractivity (Wildman–Crippen MR) is 107 cm³/mol. The summed E-state index contributed by atoms with van der Waals surface area (Å²) >= 11 is 1.17. The van der Waals surface area contributed by atoms with Gasteiger partial charge in [0.1, 0.15) is 0 Å². The lowest BCUT2D eigenvalue weighted by atomic mass is 10.1. The molecule has 1 fully saturated rings. The van der Waals surface area contributed by atoms with Gasteiger partial charge >= 0.3 is 5.97 Å². The van der Waals surface area contributed by atoms with Gasteiger partial charge in [-0.05, 0) is 55.3 Å². The van der Waals surface area contributed by atoms with Crippen molar-refractivity contribution in [2.24, 2.45) is 0 Å². The molecule has 10 heteroatoms. The molecule has 1 amide bonds. The van der Waals surface area contributed by atoms with Crippen LogP contribution >= 0.6 is 11.8 Å². The first kappa shape index (κ1) is 21.3. The Balaban J connectivity index is 1.52. The first-order chi connectivity index (χ1) is 13.8. The quantitative estimate of drug-likeness (QED) is 0.514. The van der Waals surface area contributed by atoms with Crippen molar-refractivity contribution in [2.75, 3.05) is 25.4 Å². The van der Waals surface area contributed by atoms with Gasteiger partial charge in [0, 0.05) is 13.1 Å². The Hall–Kier alpha value is -2.46. The Morgan fingerprint density at radius 3 is 2.69 bits per heavy atom. The van der Waals surface area contributed by atoms with Gasteiger partial charge in [0.15, 0.2) is 6.61 Å². The normalized spacial score (nSPS) is 19.2. The molecule has 1 aromatic heterocycles. The van der Waals surface area contributed by atoms with Crippen molar-refractivity contribution >= 4 is 23.6 Å². The van der Waals surface area contributed by atoms with Gasteiger partial charge in [-0.1, -0.05) is 23.9 Å². The summed E-state index contributed by atoms with van der Waals surface area (Å²) in [4.78, 5) is 26.1. The first-order valence-corrected chi connectivity index (χ1v) is 10.4. The average molecular weight is 420 g/mol. The number of rotatable bonds is 6. The van der Waals surface area contributed by atoms with Crippen molar-refractivity contribution in [3.05, 3.63) is 29.3 Å². The summed E-state index contributed by atoms with van der Waals surface area (Å²) in [5.74, 6) is -0.701. The summed E-state index contributed by atoms with van der Waals surface area (Å²) in [6, 6.07) is 5.99. The third kappa shape index (κ3) is 5.54. The largest absolute Gasteiger partial charge is 0.455 e. The third-order valence-corrected chi connectivity index (χ3v) is 5.37. The van der Waals surface area contributed by atoms with Crippen molar-refractivity contribution in [2.45, 2.75) is 45.1 Å². The van der Waals surface area contributed by atoms with Gasteiger partial charge in [-0.25, -0.2) is 0 Å². The minimum absolute atomic E-state index is 0.00837. The van der Waals surface area contributed by atoms with E-state index in [1.807, 2.05) is 45.9 Å². The number of morpholine rings is 1. The Morgan fingerprint density at radius 1 is 1.24 bits per heavy atom. The van der Waals surface area contributed by atoms with Crippen LogP contribution in [-0.4, -0.2) is 74.6 Å². The smallest absolute Gasteiger partial charge is 0.316 e. The van der Waals surface area contributed by atoms with Crippen LogP contribution in [0.5, 0.6) is 0 Å². The second-order valence-electron chi connectivity index (χ2n) is 7.17. The second-order valence-corrected chi connectivity index (χ2v) is 8.11. The molecule has 3 rings (SSSR count). The standard InChI is InChI=1S/C19H25N5O4S/c1-12-5-6-13(2)16(7-12)24-19(20-21-22-24)29-11-18(26)27-10-17(25)23-8-14(3)28-15(4)9-23/h5-7,14-15H,8-11H2,1-4H3/t14-,15-/m1/s1. The summed E-state index contributed by atoms with van der Waals surface area (Å²) in [7, 11) is 0. The number of esters is 1. The molecule has 1 aromatic carbocycles. The monoisotopic (exact) mass is 419 g/mol. The van der Waals surface area contributed by atoms with Gasteiger partial charge < -0.3 is 14.4 Å². The van der Waals surface area contributed by atoms with Crippen LogP contribution in [0.3, 0.4) is 0 Å². The highest BCUT2D eigenvalue weighted by Gasteiger charge is 2.26. The lowest BCUT2D eigenvalue weighted by molar-refractivity contribution is -0.155. The van der Waals surface area contributed by atoms with Crippen LogP contribution in [0.25, 0.3) is 5.69 Å². The Morgan fingerprint density at radius 2 is 1.97 bits per heavy atom. The van der Waals surface area contributed by atoms with Crippen LogP contribution < -0.4 is 0 Å². The number of carbonyl (C=O) groups excluding carboxylic acids is 2. The number of nitrogens with zero attached hydrogens (tertiary/aromatic N) is 5. The molecule has 1 aliphatic heterocycles. The number of amides is 1. The number of hydrogen-bond donors (Lipinski definition) is 0. The van der Waals surface area contributed by atoms with E-state index in [4.69, 9.17) is 9.47 Å². The zero-order valence-electron chi connectivity index (χ0n) is 17.0. The number of hydrogen-bond acceptors (Lipinski definition) is 8. The molecule has 156 valence electrons. The summed E-state index contributed by atoms with van der Waals surface area (Å²) in [5, 5.41) is 12.2. The molecule has 0 saturated carbocycles. The number of carbonyl (C=O) groups is 2. The van der Waals surface area contributed by atoms with Crippen molar-refractivity contribution < 1.29 is 19.1 Å². The molecule has 2 heterocycles. The van der Waals surface area contributed by atoms with Gasteiger partial charge in [-0.2, -0.15) is 4.68 Å². The highest BCUT2D eigenvalue weighted by molar-refractivity contribution is 7.99. The van der Waals surface area contributed by atoms with Crippen LogP contribution in [0.1, 0.15) is 25.0 Å². The van der Waals surface area contributed by atoms with Crippen molar-refractivity contribution in [1.82, 2.24) is 25.1 Å². The van der Waals surface area contributed by atoms with Crippen molar-refractivity contribution in [1.29, 1.82) is 0 Å². The highest BCUT2D eigenvalue weighted by atomic mass is 32.2. The molecule has 9 nitrogen and oxygen atoms in total. The average Bonchev–Trinajstić information content (AvgIpc) is 3.14. The van der Waals surface area contributed by atoms with E-state index in [2.05, 4.69) is 15.5 Å². The Bertz CT molecular complexity index is 877. The van der Waals surface area contributed by atoms with Crippen molar-refractivity contribution in [3.8, 4) is 5.69 Å². The summed E-state index contributed by atoms with van der Waals surface area (Å²) in [5.41, 5.74) is 2.96. The van der Waals surface area contributed by atoms with E-state index >= 15 is 0 Å². The summed E-state index contributed by atoms with van der Waals surface area (Å²) in [6.45, 7) is 8.51. The van der Waals surface area contributed by atoms with Crippen LogP contribution in [0.2, 0.25) is 0 Å². The van der Waals surface area contributed by atoms with Gasteiger partial charge in [-0.3, -0.25) is 9.59 Å². The molecule has 0 spiro atoms. The molecule has 1 saturated heterocycles. The van der Waals surface area contributed by atoms with E-state index in [0.29, 0.717) is 18.2 Å². The molecule has 0 N–H and O–H groups in total. The van der Waals surface area contributed by atoms with Gasteiger partial charge in [0.05, 0.1) is 23.6 Å². The maximum atomic E-state index is 12.3. The molecular weight excluding hydrogens is 394 g/mol. The number of thioether (sulfide) groups is 1.